The first kappa shape index (κ1) is 16.1. The van der Waals surface area contributed by atoms with Gasteiger partial charge < -0.3 is 16.0 Å². The topological polar surface area (TPSA) is 58.4 Å². The number of carbonyl (C=O) groups excluding carboxylic acids is 1. The second-order valence-electron chi connectivity index (χ2n) is 5.64. The van der Waals surface area contributed by atoms with Crippen molar-refractivity contribution < 1.29 is 4.79 Å². The summed E-state index contributed by atoms with van der Waals surface area (Å²) in [6.07, 6.45) is 6.93. The fourth-order valence-electron chi connectivity index (χ4n) is 2.65. The van der Waals surface area contributed by atoms with Crippen molar-refractivity contribution in [3.8, 4) is 0 Å². The number of nitrogen functional groups attached to an aromatic ring is 1. The van der Waals surface area contributed by atoms with E-state index in [0.717, 1.165) is 19.6 Å². The van der Waals surface area contributed by atoms with Gasteiger partial charge in [0.2, 0.25) is 5.91 Å². The molecule has 1 aromatic rings. The number of nitrogens with zero attached hydrogens (tertiary/aromatic N) is 1. The van der Waals surface area contributed by atoms with Gasteiger partial charge in [-0.1, -0.05) is 30.9 Å². The van der Waals surface area contributed by atoms with Crippen LogP contribution in [-0.4, -0.2) is 30.4 Å². The monoisotopic (exact) mass is 309 g/mol. The van der Waals surface area contributed by atoms with Crippen LogP contribution in [0.15, 0.2) is 18.2 Å². The molecule has 0 unspecified atom stereocenters. The summed E-state index contributed by atoms with van der Waals surface area (Å²) in [4.78, 5) is 14.4. The predicted octanol–water partition coefficient (Wildman–Crippen LogP) is 3.52. The first-order chi connectivity index (χ1) is 10.1. The fraction of sp³-hybridized carbons (Fsp3) is 0.562. The Morgan fingerprint density at radius 1 is 1.19 bits per heavy atom. The molecule has 1 aliphatic heterocycles. The first-order valence-electron chi connectivity index (χ1n) is 7.72. The molecule has 0 atom stereocenters. The molecule has 0 saturated carbocycles. The quantitative estimate of drug-likeness (QED) is 0.837. The molecule has 0 radical (unpaired) electrons. The summed E-state index contributed by atoms with van der Waals surface area (Å²) in [7, 11) is 0. The minimum Gasteiger partial charge on any atom is -0.397 e. The first-order valence-corrected chi connectivity index (χ1v) is 8.10. The minimum atomic E-state index is -0.00831. The van der Waals surface area contributed by atoms with Gasteiger partial charge in [0, 0.05) is 18.0 Å². The lowest BCUT2D eigenvalue weighted by atomic mass is 10.1. The molecule has 1 aliphatic rings. The van der Waals surface area contributed by atoms with Crippen molar-refractivity contribution in [1.29, 1.82) is 0 Å². The van der Waals surface area contributed by atoms with Crippen LogP contribution in [0.4, 0.5) is 11.4 Å². The molecular formula is C16H24ClN3O. The Hall–Kier alpha value is -1.26. The Bertz CT molecular complexity index is 471. The molecule has 0 bridgehead atoms. The largest absolute Gasteiger partial charge is 0.397 e. The van der Waals surface area contributed by atoms with Crippen molar-refractivity contribution in [2.24, 2.45) is 0 Å². The fourth-order valence-corrected chi connectivity index (χ4v) is 2.82. The SMILES string of the molecule is Nc1ccc(Cl)cc1NC(=O)CCN1CCCCCCC1. The van der Waals surface area contributed by atoms with Crippen molar-refractivity contribution in [3.63, 3.8) is 0 Å². The molecule has 2 rings (SSSR count). The van der Waals surface area contributed by atoms with Crippen molar-refractivity contribution in [1.82, 2.24) is 4.90 Å². The molecule has 5 heteroatoms. The van der Waals surface area contributed by atoms with Crippen molar-refractivity contribution >= 4 is 28.9 Å². The summed E-state index contributed by atoms with van der Waals surface area (Å²) in [6.45, 7) is 3.02. The van der Waals surface area contributed by atoms with E-state index in [1.54, 1.807) is 18.2 Å². The Labute approximate surface area is 131 Å². The van der Waals surface area contributed by atoms with Crippen LogP contribution in [0.25, 0.3) is 0 Å². The highest BCUT2D eigenvalue weighted by atomic mass is 35.5. The molecule has 1 heterocycles. The van der Waals surface area contributed by atoms with Crippen LogP contribution in [-0.2, 0) is 4.79 Å². The number of carbonyl (C=O) groups is 1. The van der Waals surface area contributed by atoms with Gasteiger partial charge in [-0.25, -0.2) is 0 Å². The zero-order valence-electron chi connectivity index (χ0n) is 12.4. The van der Waals surface area contributed by atoms with E-state index in [9.17, 15) is 4.79 Å². The maximum absolute atomic E-state index is 12.0. The zero-order valence-corrected chi connectivity index (χ0v) is 13.2. The molecule has 3 N–H and O–H groups in total. The number of amides is 1. The van der Waals surface area contributed by atoms with E-state index in [0.29, 0.717) is 22.8 Å². The average molecular weight is 310 g/mol. The number of nitrogens with two attached hydrogens (primary N) is 1. The van der Waals surface area contributed by atoms with Crippen LogP contribution in [0.2, 0.25) is 5.02 Å². The third-order valence-electron chi connectivity index (χ3n) is 3.89. The highest BCUT2D eigenvalue weighted by Crippen LogP contribution is 2.23. The van der Waals surface area contributed by atoms with Gasteiger partial charge in [0.15, 0.2) is 0 Å². The van der Waals surface area contributed by atoms with Crippen LogP contribution >= 0.6 is 11.6 Å². The molecule has 0 aliphatic carbocycles. The van der Waals surface area contributed by atoms with Gasteiger partial charge >= 0.3 is 0 Å². The summed E-state index contributed by atoms with van der Waals surface area (Å²) in [6, 6.07) is 5.11. The predicted molar refractivity (Wildman–Crippen MR) is 88.6 cm³/mol. The number of nitrogens with one attached hydrogen (secondary N) is 1. The van der Waals surface area contributed by atoms with Crippen LogP contribution in [0, 0.1) is 0 Å². The summed E-state index contributed by atoms with van der Waals surface area (Å²) in [5, 5.41) is 3.42. The van der Waals surface area contributed by atoms with E-state index in [1.807, 2.05) is 0 Å². The molecule has 4 nitrogen and oxygen atoms in total. The van der Waals surface area contributed by atoms with Crippen LogP contribution in [0.3, 0.4) is 0 Å². The molecule has 116 valence electrons. The van der Waals surface area contributed by atoms with Gasteiger partial charge in [0.05, 0.1) is 11.4 Å². The van der Waals surface area contributed by atoms with E-state index in [1.165, 1.54) is 32.1 Å². The average Bonchev–Trinajstić information content (AvgIpc) is 2.42. The maximum atomic E-state index is 12.0. The Kier molecular flexibility index (Phi) is 6.33. The van der Waals surface area contributed by atoms with E-state index in [-0.39, 0.29) is 5.91 Å². The maximum Gasteiger partial charge on any atom is 0.225 e. The summed E-state index contributed by atoms with van der Waals surface area (Å²) >= 11 is 5.92. The molecule has 1 saturated heterocycles. The molecule has 0 aromatic heterocycles. The van der Waals surface area contributed by atoms with E-state index < -0.39 is 0 Å². The lowest BCUT2D eigenvalue weighted by Gasteiger charge is -2.24. The van der Waals surface area contributed by atoms with Crippen LogP contribution in [0.5, 0.6) is 0 Å². The zero-order chi connectivity index (χ0) is 15.1. The summed E-state index contributed by atoms with van der Waals surface area (Å²) < 4.78 is 0. The summed E-state index contributed by atoms with van der Waals surface area (Å²) in [5.41, 5.74) is 6.97. The Balaban J connectivity index is 1.79. The van der Waals surface area contributed by atoms with Gasteiger partial charge in [-0.15, -0.1) is 0 Å². The number of anilines is 2. The van der Waals surface area contributed by atoms with Crippen molar-refractivity contribution in [3.05, 3.63) is 23.2 Å². The molecule has 1 amide bonds. The highest BCUT2D eigenvalue weighted by Gasteiger charge is 2.11. The summed E-state index contributed by atoms with van der Waals surface area (Å²) in [5.74, 6) is -0.00831. The molecule has 1 aromatic carbocycles. The van der Waals surface area contributed by atoms with E-state index in [4.69, 9.17) is 17.3 Å². The Morgan fingerprint density at radius 2 is 1.86 bits per heavy atom. The van der Waals surface area contributed by atoms with Gasteiger partial charge in [0.1, 0.15) is 0 Å². The third-order valence-corrected chi connectivity index (χ3v) is 4.13. The normalized spacial score (nSPS) is 17.0. The number of hydrogen-bond donors (Lipinski definition) is 2. The number of halogens is 1. The minimum absolute atomic E-state index is 0.00831. The van der Waals surface area contributed by atoms with Gasteiger partial charge in [-0.2, -0.15) is 0 Å². The molecule has 21 heavy (non-hydrogen) atoms. The van der Waals surface area contributed by atoms with Crippen LogP contribution in [0.1, 0.15) is 38.5 Å². The Morgan fingerprint density at radius 3 is 2.57 bits per heavy atom. The van der Waals surface area contributed by atoms with E-state index in [2.05, 4.69) is 10.2 Å². The smallest absolute Gasteiger partial charge is 0.225 e. The van der Waals surface area contributed by atoms with Gasteiger partial charge in [-0.3, -0.25) is 4.79 Å². The number of benzene rings is 1. The molecule has 0 spiro atoms. The van der Waals surface area contributed by atoms with E-state index >= 15 is 0 Å². The standard InChI is InChI=1S/C16H24ClN3O/c17-13-6-7-14(18)15(12-13)19-16(21)8-11-20-9-4-2-1-3-5-10-20/h6-7,12H,1-5,8-11,18H2,(H,19,21). The number of hydrogen-bond acceptors (Lipinski definition) is 3. The lowest BCUT2D eigenvalue weighted by molar-refractivity contribution is -0.116. The molecular weight excluding hydrogens is 286 g/mol. The highest BCUT2D eigenvalue weighted by molar-refractivity contribution is 6.31. The number of rotatable bonds is 4. The van der Waals surface area contributed by atoms with Gasteiger partial charge in [-0.05, 0) is 44.1 Å². The third kappa shape index (κ3) is 5.56. The van der Waals surface area contributed by atoms with Crippen LogP contribution < -0.4 is 11.1 Å². The lowest BCUT2D eigenvalue weighted by Crippen LogP contribution is -2.30. The second kappa shape index (κ2) is 8.25. The second-order valence-corrected chi connectivity index (χ2v) is 6.08. The number of likely N-dealkylation sites (tertiary alicyclic amines) is 1. The van der Waals surface area contributed by atoms with Crippen molar-refractivity contribution in [2.75, 3.05) is 30.7 Å². The molecule has 1 fully saturated rings. The van der Waals surface area contributed by atoms with Gasteiger partial charge in [0.25, 0.3) is 0 Å². The van der Waals surface area contributed by atoms with Crippen molar-refractivity contribution in [2.45, 2.75) is 38.5 Å².